The fourth-order valence-corrected chi connectivity index (χ4v) is 2.45. The molecule has 0 amide bonds. The van der Waals surface area contributed by atoms with E-state index in [2.05, 4.69) is 6.92 Å². The second kappa shape index (κ2) is 6.30. The van der Waals surface area contributed by atoms with Crippen LogP contribution in [0.15, 0.2) is 0 Å². The van der Waals surface area contributed by atoms with E-state index in [4.69, 9.17) is 9.47 Å². The summed E-state index contributed by atoms with van der Waals surface area (Å²) in [4.78, 5) is 10.6. The highest BCUT2D eigenvalue weighted by molar-refractivity contribution is 7.99. The summed E-state index contributed by atoms with van der Waals surface area (Å²) in [5.74, 6) is 0.851. The van der Waals surface area contributed by atoms with E-state index in [-0.39, 0.29) is 12.1 Å². The zero-order valence-electron chi connectivity index (χ0n) is 8.82. The normalized spacial score (nSPS) is 27.3. The molecular weight excluding hydrogens is 200 g/mol. The molecule has 14 heavy (non-hydrogen) atoms. The second-order valence-corrected chi connectivity index (χ2v) is 4.81. The van der Waals surface area contributed by atoms with Crippen molar-refractivity contribution in [3.8, 4) is 0 Å². The smallest absolute Gasteiger partial charge is 0.302 e. The summed E-state index contributed by atoms with van der Waals surface area (Å²) < 4.78 is 10.7. The molecule has 4 heteroatoms. The number of hydrogen-bond acceptors (Lipinski definition) is 4. The Morgan fingerprint density at radius 2 is 2.36 bits per heavy atom. The molecular formula is C10H18O3S. The Morgan fingerprint density at radius 3 is 3.00 bits per heavy atom. The largest absolute Gasteiger partial charge is 0.463 e. The number of carbonyl (C=O) groups is 1. The van der Waals surface area contributed by atoms with Gasteiger partial charge in [-0.2, -0.15) is 0 Å². The first kappa shape index (κ1) is 11.9. The maximum atomic E-state index is 10.6. The highest BCUT2D eigenvalue weighted by Gasteiger charge is 2.22. The van der Waals surface area contributed by atoms with Crippen molar-refractivity contribution in [1.29, 1.82) is 0 Å². The average Bonchev–Trinajstić information content (AvgIpc) is 2.16. The lowest BCUT2D eigenvalue weighted by Crippen LogP contribution is -2.30. The zero-order valence-corrected chi connectivity index (χ0v) is 9.64. The molecule has 1 saturated heterocycles. The van der Waals surface area contributed by atoms with E-state index in [1.54, 1.807) is 0 Å². The van der Waals surface area contributed by atoms with E-state index in [1.807, 2.05) is 11.8 Å². The lowest BCUT2D eigenvalue weighted by atomic mass is 10.1. The van der Waals surface area contributed by atoms with Gasteiger partial charge in [-0.1, -0.05) is 6.92 Å². The molecule has 1 aliphatic rings. The first-order valence-corrected chi connectivity index (χ1v) is 6.17. The molecule has 1 aliphatic heterocycles. The standard InChI is InChI=1S/C10H18O3S/c1-3-14-10-6-4-5-9(13-10)7-12-8(2)11/h9-10H,3-7H2,1-2H3. The third-order valence-electron chi connectivity index (χ3n) is 2.14. The number of ether oxygens (including phenoxy) is 2. The van der Waals surface area contributed by atoms with Crippen molar-refractivity contribution in [2.45, 2.75) is 44.6 Å². The predicted molar refractivity (Wildman–Crippen MR) is 57.3 cm³/mol. The van der Waals surface area contributed by atoms with E-state index in [9.17, 15) is 4.79 Å². The molecule has 1 fully saturated rings. The summed E-state index contributed by atoms with van der Waals surface area (Å²) in [7, 11) is 0. The van der Waals surface area contributed by atoms with Gasteiger partial charge in [0.1, 0.15) is 12.0 Å². The van der Waals surface area contributed by atoms with Gasteiger partial charge in [-0.3, -0.25) is 4.79 Å². The monoisotopic (exact) mass is 218 g/mol. The maximum Gasteiger partial charge on any atom is 0.302 e. The lowest BCUT2D eigenvalue weighted by Gasteiger charge is -2.28. The van der Waals surface area contributed by atoms with Crippen LogP contribution in [0, 0.1) is 0 Å². The van der Waals surface area contributed by atoms with Gasteiger partial charge in [-0.15, -0.1) is 11.8 Å². The van der Waals surface area contributed by atoms with Crippen LogP contribution in [-0.4, -0.2) is 29.9 Å². The molecule has 0 N–H and O–H groups in total. The van der Waals surface area contributed by atoms with Crippen LogP contribution in [0.4, 0.5) is 0 Å². The molecule has 0 aromatic rings. The average molecular weight is 218 g/mol. The molecule has 2 unspecified atom stereocenters. The van der Waals surface area contributed by atoms with Crippen molar-refractivity contribution in [3.63, 3.8) is 0 Å². The number of thioether (sulfide) groups is 1. The summed E-state index contributed by atoms with van der Waals surface area (Å²) in [6, 6.07) is 0. The van der Waals surface area contributed by atoms with Crippen LogP contribution < -0.4 is 0 Å². The van der Waals surface area contributed by atoms with Gasteiger partial charge < -0.3 is 9.47 Å². The number of hydrogen-bond donors (Lipinski definition) is 0. The molecule has 82 valence electrons. The van der Waals surface area contributed by atoms with E-state index >= 15 is 0 Å². The van der Waals surface area contributed by atoms with Gasteiger partial charge in [0.2, 0.25) is 0 Å². The molecule has 1 heterocycles. The summed E-state index contributed by atoms with van der Waals surface area (Å²) >= 11 is 1.83. The Balaban J connectivity index is 2.21. The fraction of sp³-hybridized carbons (Fsp3) is 0.900. The predicted octanol–water partition coefficient (Wildman–Crippen LogP) is 2.20. The van der Waals surface area contributed by atoms with E-state index in [0.717, 1.165) is 18.6 Å². The zero-order chi connectivity index (χ0) is 10.4. The Hall–Kier alpha value is -0.220. The molecule has 3 nitrogen and oxygen atoms in total. The van der Waals surface area contributed by atoms with Crippen molar-refractivity contribution in [3.05, 3.63) is 0 Å². The molecule has 0 bridgehead atoms. The van der Waals surface area contributed by atoms with Gasteiger partial charge in [-0.05, 0) is 25.0 Å². The third-order valence-corrected chi connectivity index (χ3v) is 3.19. The number of esters is 1. The quantitative estimate of drug-likeness (QED) is 0.678. The van der Waals surface area contributed by atoms with Crippen LogP contribution in [0.3, 0.4) is 0 Å². The fourth-order valence-electron chi connectivity index (χ4n) is 1.50. The van der Waals surface area contributed by atoms with Crippen LogP contribution in [0.1, 0.15) is 33.1 Å². The number of carbonyl (C=O) groups excluding carboxylic acids is 1. The van der Waals surface area contributed by atoms with E-state index in [0.29, 0.717) is 12.0 Å². The maximum absolute atomic E-state index is 10.6. The SMILES string of the molecule is CCSC1CCCC(COC(C)=O)O1. The van der Waals surface area contributed by atoms with Crippen molar-refractivity contribution in [2.24, 2.45) is 0 Å². The Kier molecular flexibility index (Phi) is 5.33. The molecule has 2 atom stereocenters. The first-order chi connectivity index (χ1) is 6.72. The van der Waals surface area contributed by atoms with Crippen LogP contribution in [0.2, 0.25) is 0 Å². The minimum Gasteiger partial charge on any atom is -0.463 e. The Morgan fingerprint density at radius 1 is 1.57 bits per heavy atom. The van der Waals surface area contributed by atoms with Gasteiger partial charge in [0.25, 0.3) is 0 Å². The first-order valence-electron chi connectivity index (χ1n) is 5.12. The second-order valence-electron chi connectivity index (χ2n) is 3.38. The van der Waals surface area contributed by atoms with Crippen LogP contribution >= 0.6 is 11.8 Å². The van der Waals surface area contributed by atoms with Gasteiger partial charge in [0, 0.05) is 6.92 Å². The van der Waals surface area contributed by atoms with Crippen molar-refractivity contribution in [2.75, 3.05) is 12.4 Å². The molecule has 0 saturated carbocycles. The Bertz CT molecular complexity index is 182. The van der Waals surface area contributed by atoms with Gasteiger partial charge in [0.15, 0.2) is 0 Å². The minimum absolute atomic E-state index is 0.108. The summed E-state index contributed by atoms with van der Waals surface area (Å²) in [6.07, 6.45) is 3.41. The highest BCUT2D eigenvalue weighted by Crippen LogP contribution is 2.26. The van der Waals surface area contributed by atoms with Gasteiger partial charge in [0.05, 0.1) is 6.10 Å². The van der Waals surface area contributed by atoms with Gasteiger partial charge in [-0.25, -0.2) is 0 Å². The topological polar surface area (TPSA) is 35.5 Å². The third kappa shape index (κ3) is 4.33. The molecule has 0 spiro atoms. The van der Waals surface area contributed by atoms with Crippen LogP contribution in [0.25, 0.3) is 0 Å². The summed E-state index contributed by atoms with van der Waals surface area (Å²) in [6.45, 7) is 3.97. The van der Waals surface area contributed by atoms with Crippen molar-refractivity contribution >= 4 is 17.7 Å². The molecule has 0 aromatic carbocycles. The molecule has 0 aliphatic carbocycles. The Labute approximate surface area is 89.5 Å². The van der Waals surface area contributed by atoms with E-state index in [1.165, 1.54) is 13.3 Å². The highest BCUT2D eigenvalue weighted by atomic mass is 32.2. The van der Waals surface area contributed by atoms with Crippen molar-refractivity contribution in [1.82, 2.24) is 0 Å². The molecule has 1 rings (SSSR count). The van der Waals surface area contributed by atoms with Crippen LogP contribution in [0.5, 0.6) is 0 Å². The molecule has 0 radical (unpaired) electrons. The summed E-state index contributed by atoms with van der Waals surface area (Å²) in [5.41, 5.74) is 0.300. The molecule has 0 aromatic heterocycles. The number of rotatable bonds is 4. The van der Waals surface area contributed by atoms with Gasteiger partial charge >= 0.3 is 5.97 Å². The summed E-state index contributed by atoms with van der Waals surface area (Å²) in [5, 5.41) is 0. The van der Waals surface area contributed by atoms with Crippen LogP contribution in [-0.2, 0) is 14.3 Å². The van der Waals surface area contributed by atoms with Crippen molar-refractivity contribution < 1.29 is 14.3 Å². The lowest BCUT2D eigenvalue weighted by molar-refractivity contribution is -0.147. The minimum atomic E-state index is -0.223. The van der Waals surface area contributed by atoms with E-state index < -0.39 is 0 Å².